The van der Waals surface area contributed by atoms with Gasteiger partial charge in [-0.2, -0.15) is 0 Å². The van der Waals surface area contributed by atoms with E-state index in [1.54, 1.807) is 0 Å². The SMILES string of the molecule is CN(C)c1ccc(-n2ccc(=O)n(C)c2=O)cc1. The lowest BCUT2D eigenvalue weighted by molar-refractivity contribution is 0.728. The average molecular weight is 245 g/mol. The largest absolute Gasteiger partial charge is 0.378 e. The van der Waals surface area contributed by atoms with E-state index in [1.165, 1.54) is 23.9 Å². The second-order valence-corrected chi connectivity index (χ2v) is 4.28. The van der Waals surface area contributed by atoms with E-state index in [1.807, 2.05) is 43.3 Å². The number of hydrogen-bond donors (Lipinski definition) is 0. The molecular weight excluding hydrogens is 230 g/mol. The Morgan fingerprint density at radius 2 is 1.61 bits per heavy atom. The van der Waals surface area contributed by atoms with Crippen molar-refractivity contribution in [3.63, 3.8) is 0 Å². The molecule has 0 spiro atoms. The summed E-state index contributed by atoms with van der Waals surface area (Å²) in [5.41, 5.74) is 1.14. The van der Waals surface area contributed by atoms with Crippen molar-refractivity contribution in [2.75, 3.05) is 19.0 Å². The molecular formula is C13H15N3O2. The second kappa shape index (κ2) is 4.52. The van der Waals surface area contributed by atoms with Crippen molar-refractivity contribution in [3.05, 3.63) is 57.4 Å². The van der Waals surface area contributed by atoms with Crippen molar-refractivity contribution < 1.29 is 0 Å². The summed E-state index contributed by atoms with van der Waals surface area (Å²) in [7, 11) is 5.37. The van der Waals surface area contributed by atoms with E-state index in [0.29, 0.717) is 0 Å². The minimum absolute atomic E-state index is 0.304. The third-order valence-electron chi connectivity index (χ3n) is 2.83. The summed E-state index contributed by atoms with van der Waals surface area (Å²) >= 11 is 0. The molecule has 0 aliphatic rings. The van der Waals surface area contributed by atoms with Crippen LogP contribution in [0.25, 0.3) is 5.69 Å². The molecule has 18 heavy (non-hydrogen) atoms. The molecule has 0 bridgehead atoms. The Labute approximate surface area is 105 Å². The van der Waals surface area contributed by atoms with E-state index in [0.717, 1.165) is 15.9 Å². The van der Waals surface area contributed by atoms with Gasteiger partial charge < -0.3 is 4.90 Å². The predicted octanol–water partition coefficient (Wildman–Crippen LogP) is 0.602. The van der Waals surface area contributed by atoms with Gasteiger partial charge in [0.25, 0.3) is 5.56 Å². The molecule has 0 radical (unpaired) electrons. The molecule has 5 nitrogen and oxygen atoms in total. The molecule has 0 atom stereocenters. The van der Waals surface area contributed by atoms with Crippen molar-refractivity contribution in [1.82, 2.24) is 9.13 Å². The Morgan fingerprint density at radius 3 is 2.17 bits per heavy atom. The average Bonchev–Trinajstić information content (AvgIpc) is 2.36. The van der Waals surface area contributed by atoms with Gasteiger partial charge in [-0.05, 0) is 24.3 Å². The van der Waals surface area contributed by atoms with Crippen molar-refractivity contribution in [3.8, 4) is 5.69 Å². The first-order valence-corrected chi connectivity index (χ1v) is 5.57. The van der Waals surface area contributed by atoms with Gasteiger partial charge in [-0.25, -0.2) is 4.79 Å². The molecule has 0 amide bonds. The standard InChI is InChI=1S/C13H15N3O2/c1-14(2)10-4-6-11(7-5-10)16-9-8-12(17)15(3)13(16)18/h4-9H,1-3H3. The van der Waals surface area contributed by atoms with E-state index < -0.39 is 0 Å². The molecule has 0 saturated carbocycles. The van der Waals surface area contributed by atoms with Crippen LogP contribution in [0.5, 0.6) is 0 Å². The minimum atomic E-state index is -0.347. The lowest BCUT2D eigenvalue weighted by Crippen LogP contribution is -2.36. The fourth-order valence-electron chi connectivity index (χ4n) is 1.68. The highest BCUT2D eigenvalue weighted by Gasteiger charge is 2.03. The van der Waals surface area contributed by atoms with Crippen LogP contribution in [0.15, 0.2) is 46.1 Å². The Balaban J connectivity index is 2.53. The van der Waals surface area contributed by atoms with E-state index >= 15 is 0 Å². The molecule has 94 valence electrons. The molecule has 1 aromatic heterocycles. The summed E-state index contributed by atoms with van der Waals surface area (Å²) in [6.45, 7) is 0. The maximum absolute atomic E-state index is 11.9. The highest BCUT2D eigenvalue weighted by molar-refractivity contribution is 5.49. The van der Waals surface area contributed by atoms with Gasteiger partial charge in [0.2, 0.25) is 0 Å². The number of benzene rings is 1. The topological polar surface area (TPSA) is 47.2 Å². The van der Waals surface area contributed by atoms with Gasteiger partial charge in [0.1, 0.15) is 0 Å². The third-order valence-corrected chi connectivity index (χ3v) is 2.83. The highest BCUT2D eigenvalue weighted by atomic mass is 16.2. The Hall–Kier alpha value is -2.30. The zero-order chi connectivity index (χ0) is 13.3. The molecule has 5 heteroatoms. The summed E-state index contributed by atoms with van der Waals surface area (Å²) in [5, 5.41) is 0. The Morgan fingerprint density at radius 1 is 1.00 bits per heavy atom. The summed E-state index contributed by atoms with van der Waals surface area (Å²) < 4.78 is 2.53. The minimum Gasteiger partial charge on any atom is -0.378 e. The highest BCUT2D eigenvalue weighted by Crippen LogP contribution is 2.13. The zero-order valence-electron chi connectivity index (χ0n) is 10.6. The van der Waals surface area contributed by atoms with Crippen molar-refractivity contribution in [2.45, 2.75) is 0 Å². The van der Waals surface area contributed by atoms with Crippen LogP contribution in [0.2, 0.25) is 0 Å². The maximum Gasteiger partial charge on any atom is 0.335 e. The maximum atomic E-state index is 11.9. The van der Waals surface area contributed by atoms with Crippen molar-refractivity contribution >= 4 is 5.69 Å². The Kier molecular flexibility index (Phi) is 3.06. The van der Waals surface area contributed by atoms with Crippen LogP contribution in [0.4, 0.5) is 5.69 Å². The van der Waals surface area contributed by atoms with Gasteiger partial charge in [-0.1, -0.05) is 0 Å². The number of aromatic nitrogens is 2. The summed E-state index contributed by atoms with van der Waals surface area (Å²) in [6, 6.07) is 8.92. The summed E-state index contributed by atoms with van der Waals surface area (Å²) in [4.78, 5) is 25.2. The smallest absolute Gasteiger partial charge is 0.335 e. The van der Waals surface area contributed by atoms with Crippen LogP contribution in [-0.2, 0) is 7.05 Å². The summed E-state index contributed by atoms with van der Waals surface area (Å²) in [5.74, 6) is 0. The van der Waals surface area contributed by atoms with Gasteiger partial charge >= 0.3 is 5.69 Å². The normalized spacial score (nSPS) is 10.4. The van der Waals surface area contributed by atoms with E-state index in [-0.39, 0.29) is 11.2 Å². The lowest BCUT2D eigenvalue weighted by atomic mass is 10.2. The molecule has 0 fully saturated rings. The lowest BCUT2D eigenvalue weighted by Gasteiger charge is -2.13. The second-order valence-electron chi connectivity index (χ2n) is 4.28. The van der Waals surface area contributed by atoms with Gasteiger partial charge in [0.05, 0.1) is 5.69 Å². The number of nitrogens with zero attached hydrogens (tertiary/aromatic N) is 3. The van der Waals surface area contributed by atoms with Gasteiger partial charge in [0.15, 0.2) is 0 Å². The van der Waals surface area contributed by atoms with Crippen LogP contribution in [0.3, 0.4) is 0 Å². The van der Waals surface area contributed by atoms with Crippen LogP contribution in [0, 0.1) is 0 Å². The molecule has 0 unspecified atom stereocenters. The van der Waals surface area contributed by atoms with E-state index in [4.69, 9.17) is 0 Å². The van der Waals surface area contributed by atoms with Gasteiger partial charge in [-0.15, -0.1) is 0 Å². The summed E-state index contributed by atoms with van der Waals surface area (Å²) in [6.07, 6.45) is 1.50. The van der Waals surface area contributed by atoms with Crippen molar-refractivity contribution in [1.29, 1.82) is 0 Å². The Bertz CT molecular complexity index is 666. The van der Waals surface area contributed by atoms with E-state index in [2.05, 4.69) is 0 Å². The third kappa shape index (κ3) is 2.07. The van der Waals surface area contributed by atoms with Crippen LogP contribution in [0.1, 0.15) is 0 Å². The first-order valence-electron chi connectivity index (χ1n) is 5.57. The fraction of sp³-hybridized carbons (Fsp3) is 0.231. The molecule has 1 heterocycles. The molecule has 0 aliphatic carbocycles. The van der Waals surface area contributed by atoms with Crippen LogP contribution >= 0.6 is 0 Å². The molecule has 1 aromatic carbocycles. The van der Waals surface area contributed by atoms with Gasteiger partial charge in [-0.3, -0.25) is 13.9 Å². The van der Waals surface area contributed by atoms with E-state index in [9.17, 15) is 9.59 Å². The fourth-order valence-corrected chi connectivity index (χ4v) is 1.68. The number of hydrogen-bond acceptors (Lipinski definition) is 3. The number of anilines is 1. The van der Waals surface area contributed by atoms with Gasteiger partial charge in [0, 0.05) is 39.1 Å². The van der Waals surface area contributed by atoms with Crippen LogP contribution in [-0.4, -0.2) is 23.2 Å². The molecule has 0 N–H and O–H groups in total. The molecule has 2 rings (SSSR count). The first-order chi connectivity index (χ1) is 8.50. The van der Waals surface area contributed by atoms with Crippen LogP contribution < -0.4 is 16.1 Å². The molecule has 2 aromatic rings. The number of rotatable bonds is 2. The molecule has 0 saturated heterocycles. The van der Waals surface area contributed by atoms with Crippen molar-refractivity contribution in [2.24, 2.45) is 7.05 Å². The zero-order valence-corrected chi connectivity index (χ0v) is 10.6. The molecule has 0 aliphatic heterocycles. The first kappa shape index (κ1) is 12.2. The monoisotopic (exact) mass is 245 g/mol. The quantitative estimate of drug-likeness (QED) is 0.778. The predicted molar refractivity (Wildman–Crippen MR) is 71.6 cm³/mol.